The van der Waals surface area contributed by atoms with Gasteiger partial charge in [0, 0.05) is 28.3 Å². The third-order valence-corrected chi connectivity index (χ3v) is 5.26. The van der Waals surface area contributed by atoms with Crippen molar-refractivity contribution in [2.45, 2.75) is 32.2 Å². The molecule has 0 spiro atoms. The summed E-state index contributed by atoms with van der Waals surface area (Å²) in [6.45, 7) is 4.58. The van der Waals surface area contributed by atoms with Crippen molar-refractivity contribution in [1.82, 2.24) is 10.2 Å². The van der Waals surface area contributed by atoms with Crippen LogP contribution in [0, 0.1) is 3.57 Å². The van der Waals surface area contributed by atoms with Gasteiger partial charge < -0.3 is 10.2 Å². The number of likely N-dealkylation sites (N-methyl/N-ethyl adjacent to an activating group) is 1. The Hall–Kier alpha value is -0.330. The van der Waals surface area contributed by atoms with E-state index in [0.717, 1.165) is 29.6 Å². The normalized spacial score (nSPS) is 18.9. The number of rotatable bonds is 4. The Morgan fingerprint density at radius 2 is 2.30 bits per heavy atom. The van der Waals surface area contributed by atoms with E-state index in [2.05, 4.69) is 27.9 Å². The van der Waals surface area contributed by atoms with Crippen molar-refractivity contribution in [1.29, 1.82) is 0 Å². The lowest BCUT2D eigenvalue weighted by Crippen LogP contribution is -2.45. The van der Waals surface area contributed by atoms with Crippen LogP contribution in [0.3, 0.4) is 0 Å². The van der Waals surface area contributed by atoms with Crippen LogP contribution in [0.15, 0.2) is 18.2 Å². The summed E-state index contributed by atoms with van der Waals surface area (Å²) in [6.07, 6.45) is 3.64. The number of nitrogens with one attached hydrogen (secondary N) is 1. The Bertz CT molecular complexity index is 475. The molecule has 1 saturated heterocycles. The van der Waals surface area contributed by atoms with Crippen LogP contribution in [0.2, 0.25) is 5.02 Å². The van der Waals surface area contributed by atoms with Crippen molar-refractivity contribution < 1.29 is 4.79 Å². The van der Waals surface area contributed by atoms with E-state index in [-0.39, 0.29) is 5.91 Å². The topological polar surface area (TPSA) is 32.3 Å². The fourth-order valence-corrected chi connectivity index (χ4v) is 3.03. The van der Waals surface area contributed by atoms with Crippen LogP contribution in [-0.4, -0.2) is 36.5 Å². The first kappa shape index (κ1) is 16.0. The molecule has 1 aliphatic rings. The van der Waals surface area contributed by atoms with Crippen LogP contribution in [0.1, 0.15) is 36.5 Å². The average Bonchev–Trinajstić information content (AvgIpc) is 2.48. The van der Waals surface area contributed by atoms with E-state index in [9.17, 15) is 4.79 Å². The van der Waals surface area contributed by atoms with Crippen LogP contribution < -0.4 is 5.32 Å². The molecule has 0 saturated carbocycles. The standard InChI is InChI=1S/C15H20ClIN2O/c1-2-19(10-12-5-3-4-8-18-12)15(20)11-6-7-14(17)13(16)9-11/h6-7,9,12,18H,2-5,8,10H2,1H3. The van der Waals surface area contributed by atoms with E-state index in [1.165, 1.54) is 12.8 Å². The minimum atomic E-state index is 0.0678. The van der Waals surface area contributed by atoms with Crippen LogP contribution in [0.5, 0.6) is 0 Å². The van der Waals surface area contributed by atoms with Gasteiger partial charge in [0.25, 0.3) is 5.91 Å². The maximum absolute atomic E-state index is 12.6. The molecule has 1 aromatic carbocycles. The average molecular weight is 407 g/mol. The minimum absolute atomic E-state index is 0.0678. The van der Waals surface area contributed by atoms with E-state index in [0.29, 0.717) is 16.6 Å². The maximum atomic E-state index is 12.6. The lowest BCUT2D eigenvalue weighted by molar-refractivity contribution is 0.0741. The first-order valence-corrected chi connectivity index (χ1v) is 8.55. The number of carbonyl (C=O) groups excluding carboxylic acids is 1. The summed E-state index contributed by atoms with van der Waals surface area (Å²) in [5, 5.41) is 4.13. The Balaban J connectivity index is 2.05. The predicted molar refractivity (Wildman–Crippen MR) is 91.4 cm³/mol. The molecule has 1 heterocycles. The summed E-state index contributed by atoms with van der Waals surface area (Å²) in [5.74, 6) is 0.0678. The molecule has 20 heavy (non-hydrogen) atoms. The molecule has 1 amide bonds. The van der Waals surface area contributed by atoms with Gasteiger partial charge in [0.05, 0.1) is 5.02 Å². The van der Waals surface area contributed by atoms with Crippen molar-refractivity contribution >= 4 is 40.1 Å². The summed E-state index contributed by atoms with van der Waals surface area (Å²) in [4.78, 5) is 14.5. The number of nitrogens with zero attached hydrogens (tertiary/aromatic N) is 1. The van der Waals surface area contributed by atoms with Gasteiger partial charge in [0.2, 0.25) is 0 Å². The Morgan fingerprint density at radius 3 is 2.90 bits per heavy atom. The van der Waals surface area contributed by atoms with Crippen molar-refractivity contribution in [3.8, 4) is 0 Å². The molecule has 3 nitrogen and oxygen atoms in total. The molecule has 1 aliphatic heterocycles. The number of amides is 1. The van der Waals surface area contributed by atoms with Crippen molar-refractivity contribution in [3.63, 3.8) is 0 Å². The lowest BCUT2D eigenvalue weighted by atomic mass is 10.0. The number of carbonyl (C=O) groups is 1. The van der Waals surface area contributed by atoms with E-state index in [1.54, 1.807) is 6.07 Å². The Kier molecular flexibility index (Phi) is 6.11. The van der Waals surface area contributed by atoms with Crippen molar-refractivity contribution in [2.75, 3.05) is 19.6 Å². The zero-order chi connectivity index (χ0) is 14.5. The summed E-state index contributed by atoms with van der Waals surface area (Å²) in [5.41, 5.74) is 0.674. The first-order chi connectivity index (χ1) is 9.61. The zero-order valence-electron chi connectivity index (χ0n) is 11.7. The second-order valence-corrected chi connectivity index (χ2v) is 6.69. The minimum Gasteiger partial charge on any atom is -0.337 e. The highest BCUT2D eigenvalue weighted by Crippen LogP contribution is 2.21. The van der Waals surface area contributed by atoms with E-state index in [4.69, 9.17) is 11.6 Å². The Morgan fingerprint density at radius 1 is 1.50 bits per heavy atom. The van der Waals surface area contributed by atoms with Gasteiger partial charge in [-0.25, -0.2) is 0 Å². The molecule has 1 atom stereocenters. The lowest BCUT2D eigenvalue weighted by Gasteiger charge is -2.30. The third-order valence-electron chi connectivity index (χ3n) is 3.69. The molecular weight excluding hydrogens is 387 g/mol. The summed E-state index contributed by atoms with van der Waals surface area (Å²) in [6, 6.07) is 5.94. The number of halogens is 2. The van der Waals surface area contributed by atoms with Gasteiger partial charge in [-0.05, 0) is 67.1 Å². The molecule has 0 aromatic heterocycles. The second kappa shape index (κ2) is 7.61. The highest BCUT2D eigenvalue weighted by molar-refractivity contribution is 14.1. The third kappa shape index (κ3) is 4.09. The van der Waals surface area contributed by atoms with Crippen LogP contribution in [0.25, 0.3) is 0 Å². The Labute approximate surface area is 139 Å². The number of hydrogen-bond donors (Lipinski definition) is 1. The smallest absolute Gasteiger partial charge is 0.253 e. The van der Waals surface area contributed by atoms with Crippen LogP contribution in [0.4, 0.5) is 0 Å². The highest BCUT2D eigenvalue weighted by Gasteiger charge is 2.20. The molecule has 1 N–H and O–H groups in total. The molecular formula is C15H20ClIN2O. The zero-order valence-corrected chi connectivity index (χ0v) is 14.6. The van der Waals surface area contributed by atoms with E-state index in [1.807, 2.05) is 24.0 Å². The van der Waals surface area contributed by atoms with Crippen LogP contribution in [-0.2, 0) is 0 Å². The number of piperidine rings is 1. The van der Waals surface area contributed by atoms with Gasteiger partial charge in [-0.2, -0.15) is 0 Å². The van der Waals surface area contributed by atoms with Gasteiger partial charge in [-0.15, -0.1) is 0 Å². The summed E-state index contributed by atoms with van der Waals surface area (Å²) < 4.78 is 0.970. The van der Waals surface area contributed by atoms with Crippen LogP contribution >= 0.6 is 34.2 Å². The maximum Gasteiger partial charge on any atom is 0.253 e. The fourth-order valence-electron chi connectivity index (χ4n) is 2.51. The molecule has 5 heteroatoms. The highest BCUT2D eigenvalue weighted by atomic mass is 127. The van der Waals surface area contributed by atoms with Gasteiger partial charge in [-0.1, -0.05) is 18.0 Å². The molecule has 1 fully saturated rings. The fraction of sp³-hybridized carbons (Fsp3) is 0.533. The second-order valence-electron chi connectivity index (χ2n) is 5.12. The van der Waals surface area contributed by atoms with Gasteiger partial charge in [-0.3, -0.25) is 4.79 Å². The molecule has 1 unspecified atom stereocenters. The molecule has 0 radical (unpaired) electrons. The van der Waals surface area contributed by atoms with Gasteiger partial charge >= 0.3 is 0 Å². The summed E-state index contributed by atoms with van der Waals surface area (Å²) in [7, 11) is 0. The first-order valence-electron chi connectivity index (χ1n) is 7.09. The SMILES string of the molecule is CCN(CC1CCCCN1)C(=O)c1ccc(I)c(Cl)c1. The van der Waals surface area contributed by atoms with E-state index >= 15 is 0 Å². The molecule has 0 aliphatic carbocycles. The number of hydrogen-bond acceptors (Lipinski definition) is 2. The van der Waals surface area contributed by atoms with Crippen molar-refractivity contribution in [3.05, 3.63) is 32.4 Å². The van der Waals surface area contributed by atoms with Gasteiger partial charge in [0.15, 0.2) is 0 Å². The summed E-state index contributed by atoms with van der Waals surface area (Å²) >= 11 is 8.28. The monoisotopic (exact) mass is 406 g/mol. The van der Waals surface area contributed by atoms with Crippen molar-refractivity contribution in [2.24, 2.45) is 0 Å². The largest absolute Gasteiger partial charge is 0.337 e. The van der Waals surface area contributed by atoms with E-state index < -0.39 is 0 Å². The molecule has 0 bridgehead atoms. The molecule has 2 rings (SSSR count). The molecule has 110 valence electrons. The van der Waals surface area contributed by atoms with Gasteiger partial charge in [0.1, 0.15) is 0 Å². The quantitative estimate of drug-likeness (QED) is 0.776. The number of benzene rings is 1. The predicted octanol–water partition coefficient (Wildman–Crippen LogP) is 3.55. The molecule has 1 aromatic rings.